The van der Waals surface area contributed by atoms with E-state index in [0.717, 1.165) is 69.6 Å². The fourth-order valence-electron chi connectivity index (χ4n) is 6.05. The number of carbonyl (C=O) groups is 3. The van der Waals surface area contributed by atoms with E-state index in [4.69, 9.17) is 14.2 Å². The molecular formula is C42H80O6. The number of esters is 3. The van der Waals surface area contributed by atoms with E-state index in [0.29, 0.717) is 19.3 Å². The molecule has 0 aromatic carbocycles. The van der Waals surface area contributed by atoms with Crippen molar-refractivity contribution in [2.75, 3.05) is 13.2 Å². The molecule has 0 rings (SSSR count). The van der Waals surface area contributed by atoms with Crippen molar-refractivity contribution in [1.29, 1.82) is 0 Å². The van der Waals surface area contributed by atoms with Crippen molar-refractivity contribution < 1.29 is 28.6 Å². The highest BCUT2D eigenvalue weighted by molar-refractivity contribution is 5.71. The number of rotatable bonds is 36. The van der Waals surface area contributed by atoms with Crippen LogP contribution < -0.4 is 0 Å². The van der Waals surface area contributed by atoms with E-state index in [-0.39, 0.29) is 31.1 Å². The van der Waals surface area contributed by atoms with Crippen LogP contribution >= 0.6 is 0 Å². The SMILES string of the molecule is CCCCCCCCCCCCC(=O)OC[C@H](COC(=O)CCCCCCCCCCC(C)C)OC(=O)CCCCCCCCC(C)C. The number of unbranched alkanes of at least 4 members (excludes halogenated alkanes) is 21. The van der Waals surface area contributed by atoms with Crippen LogP contribution in [0.2, 0.25) is 0 Å². The quantitative estimate of drug-likeness (QED) is 0.0372. The van der Waals surface area contributed by atoms with Crippen molar-refractivity contribution in [3.05, 3.63) is 0 Å². The van der Waals surface area contributed by atoms with Gasteiger partial charge in [-0.2, -0.15) is 0 Å². The highest BCUT2D eigenvalue weighted by Gasteiger charge is 2.19. The molecule has 6 heteroatoms. The van der Waals surface area contributed by atoms with Gasteiger partial charge in [-0.1, -0.05) is 182 Å². The van der Waals surface area contributed by atoms with Gasteiger partial charge in [0.1, 0.15) is 13.2 Å². The molecule has 0 aliphatic carbocycles. The zero-order valence-electron chi connectivity index (χ0n) is 32.6. The summed E-state index contributed by atoms with van der Waals surface area (Å²) in [5, 5.41) is 0. The maximum absolute atomic E-state index is 12.6. The molecule has 0 bridgehead atoms. The minimum Gasteiger partial charge on any atom is -0.462 e. The molecule has 1 atom stereocenters. The molecule has 48 heavy (non-hydrogen) atoms. The Morgan fingerprint density at radius 2 is 0.688 bits per heavy atom. The molecule has 0 heterocycles. The van der Waals surface area contributed by atoms with E-state index < -0.39 is 6.10 Å². The summed E-state index contributed by atoms with van der Waals surface area (Å²) in [7, 11) is 0. The van der Waals surface area contributed by atoms with Crippen LogP contribution in [0.3, 0.4) is 0 Å². The van der Waals surface area contributed by atoms with E-state index in [1.807, 2.05) is 0 Å². The monoisotopic (exact) mass is 681 g/mol. The maximum Gasteiger partial charge on any atom is 0.306 e. The number of carbonyl (C=O) groups excluding carboxylic acids is 3. The largest absolute Gasteiger partial charge is 0.462 e. The van der Waals surface area contributed by atoms with Gasteiger partial charge in [0.15, 0.2) is 6.10 Å². The zero-order valence-corrected chi connectivity index (χ0v) is 32.6. The molecule has 0 saturated heterocycles. The Hall–Kier alpha value is -1.59. The van der Waals surface area contributed by atoms with Gasteiger partial charge in [0.25, 0.3) is 0 Å². The second-order valence-electron chi connectivity index (χ2n) is 15.2. The Kier molecular flexibility index (Phi) is 34.1. The molecule has 284 valence electrons. The highest BCUT2D eigenvalue weighted by atomic mass is 16.6. The van der Waals surface area contributed by atoms with E-state index in [2.05, 4.69) is 34.6 Å². The first-order valence-electron chi connectivity index (χ1n) is 20.7. The summed E-state index contributed by atoms with van der Waals surface area (Å²) in [6.07, 6.45) is 31.0. The molecule has 0 aliphatic rings. The van der Waals surface area contributed by atoms with Gasteiger partial charge in [-0.3, -0.25) is 14.4 Å². The summed E-state index contributed by atoms with van der Waals surface area (Å²) in [4.78, 5) is 37.5. The van der Waals surface area contributed by atoms with Crippen molar-refractivity contribution in [3.8, 4) is 0 Å². The lowest BCUT2D eigenvalue weighted by molar-refractivity contribution is -0.167. The minimum atomic E-state index is -0.759. The van der Waals surface area contributed by atoms with Crippen LogP contribution in [0, 0.1) is 11.8 Å². The lowest BCUT2D eigenvalue weighted by Gasteiger charge is -2.18. The van der Waals surface area contributed by atoms with Crippen LogP contribution in [0.25, 0.3) is 0 Å². The predicted molar refractivity (Wildman–Crippen MR) is 201 cm³/mol. The lowest BCUT2D eigenvalue weighted by Crippen LogP contribution is -2.30. The van der Waals surface area contributed by atoms with Crippen molar-refractivity contribution in [3.63, 3.8) is 0 Å². The summed E-state index contributed by atoms with van der Waals surface area (Å²) in [5.41, 5.74) is 0. The standard InChI is InChI=1S/C42H80O6/c1-6-7-8-9-10-11-12-16-22-27-32-40(43)46-35-39(48-42(45)34-29-24-19-18-21-26-31-38(4)5)36-47-41(44)33-28-23-17-14-13-15-20-25-30-37(2)3/h37-39H,6-36H2,1-5H3/t39-/m1/s1. The van der Waals surface area contributed by atoms with Gasteiger partial charge in [0, 0.05) is 19.3 Å². The van der Waals surface area contributed by atoms with E-state index in [1.165, 1.54) is 109 Å². The average molecular weight is 681 g/mol. The van der Waals surface area contributed by atoms with Crippen molar-refractivity contribution >= 4 is 17.9 Å². The third-order valence-electron chi connectivity index (χ3n) is 9.22. The summed E-state index contributed by atoms with van der Waals surface area (Å²) >= 11 is 0. The Balaban J connectivity index is 4.35. The fraction of sp³-hybridized carbons (Fsp3) is 0.929. The highest BCUT2D eigenvalue weighted by Crippen LogP contribution is 2.15. The van der Waals surface area contributed by atoms with Crippen molar-refractivity contribution in [1.82, 2.24) is 0 Å². The molecule has 0 amide bonds. The Morgan fingerprint density at radius 3 is 1.02 bits per heavy atom. The molecule has 0 N–H and O–H groups in total. The van der Waals surface area contributed by atoms with Crippen LogP contribution in [0.5, 0.6) is 0 Å². The van der Waals surface area contributed by atoms with Crippen LogP contribution in [0.15, 0.2) is 0 Å². The van der Waals surface area contributed by atoms with Gasteiger partial charge in [0.2, 0.25) is 0 Å². The first-order chi connectivity index (χ1) is 23.2. The minimum absolute atomic E-state index is 0.0668. The second-order valence-corrected chi connectivity index (χ2v) is 15.2. The van der Waals surface area contributed by atoms with Gasteiger partial charge in [-0.15, -0.1) is 0 Å². The number of hydrogen-bond donors (Lipinski definition) is 0. The van der Waals surface area contributed by atoms with Crippen LogP contribution in [0.1, 0.15) is 221 Å². The molecule has 0 aromatic rings. The summed E-state index contributed by atoms with van der Waals surface area (Å²) in [6, 6.07) is 0. The Morgan fingerprint density at radius 1 is 0.396 bits per heavy atom. The number of ether oxygens (including phenoxy) is 3. The van der Waals surface area contributed by atoms with Gasteiger partial charge in [0.05, 0.1) is 0 Å². The van der Waals surface area contributed by atoms with Crippen molar-refractivity contribution in [2.45, 2.75) is 227 Å². The van der Waals surface area contributed by atoms with E-state index in [9.17, 15) is 14.4 Å². The normalized spacial score (nSPS) is 12.1. The summed E-state index contributed by atoms with van der Waals surface area (Å²) in [5.74, 6) is 0.685. The molecular weight excluding hydrogens is 600 g/mol. The second kappa shape index (κ2) is 35.2. The first-order valence-corrected chi connectivity index (χ1v) is 20.7. The smallest absolute Gasteiger partial charge is 0.306 e. The van der Waals surface area contributed by atoms with E-state index >= 15 is 0 Å². The number of hydrogen-bond acceptors (Lipinski definition) is 6. The summed E-state index contributed by atoms with van der Waals surface area (Å²) in [6.45, 7) is 11.2. The Bertz CT molecular complexity index is 734. The molecule has 0 saturated carbocycles. The molecule has 0 radical (unpaired) electrons. The van der Waals surface area contributed by atoms with Crippen molar-refractivity contribution in [2.24, 2.45) is 11.8 Å². The molecule has 0 spiro atoms. The molecule has 6 nitrogen and oxygen atoms in total. The lowest BCUT2D eigenvalue weighted by atomic mass is 10.0. The van der Waals surface area contributed by atoms with Crippen LogP contribution in [-0.2, 0) is 28.6 Å². The predicted octanol–water partition coefficient (Wildman–Crippen LogP) is 12.6. The third-order valence-corrected chi connectivity index (χ3v) is 9.22. The third kappa shape index (κ3) is 35.7. The van der Waals surface area contributed by atoms with E-state index in [1.54, 1.807) is 0 Å². The van der Waals surface area contributed by atoms with Crippen LogP contribution in [0.4, 0.5) is 0 Å². The Labute approximate surface area is 298 Å². The molecule has 0 fully saturated rings. The molecule has 0 aliphatic heterocycles. The first kappa shape index (κ1) is 46.4. The topological polar surface area (TPSA) is 78.9 Å². The van der Waals surface area contributed by atoms with Gasteiger partial charge < -0.3 is 14.2 Å². The fourth-order valence-corrected chi connectivity index (χ4v) is 6.05. The van der Waals surface area contributed by atoms with Gasteiger partial charge >= 0.3 is 17.9 Å². The van der Waals surface area contributed by atoms with Gasteiger partial charge in [-0.05, 0) is 31.1 Å². The zero-order chi connectivity index (χ0) is 35.5. The van der Waals surface area contributed by atoms with Gasteiger partial charge in [-0.25, -0.2) is 0 Å². The summed E-state index contributed by atoms with van der Waals surface area (Å²) < 4.78 is 16.6. The maximum atomic E-state index is 12.6. The molecule has 0 unspecified atom stereocenters. The molecule has 0 aromatic heterocycles. The van der Waals surface area contributed by atoms with Crippen LogP contribution in [-0.4, -0.2) is 37.2 Å². The average Bonchev–Trinajstić information content (AvgIpc) is 3.05.